The molecule has 0 bridgehead atoms. The molecular weight excluding hydrogens is 319 g/mol. The Morgan fingerprint density at radius 3 is 2.60 bits per heavy atom. The third-order valence-electron chi connectivity index (χ3n) is 8.75. The molecule has 2 N–H and O–H groups in total. The molecule has 0 aromatic heterocycles. The van der Waals surface area contributed by atoms with E-state index in [2.05, 4.69) is 0 Å². The number of hydrogen-bond donors (Lipinski definition) is 2. The van der Waals surface area contributed by atoms with Gasteiger partial charge in [0.1, 0.15) is 0 Å². The van der Waals surface area contributed by atoms with Crippen molar-refractivity contribution in [1.82, 2.24) is 0 Å². The predicted octanol–water partition coefficient (Wildman–Crippen LogP) is 3.35. The fourth-order valence-electron chi connectivity index (χ4n) is 6.75. The van der Waals surface area contributed by atoms with E-state index in [0.717, 1.165) is 12.0 Å². The lowest BCUT2D eigenvalue weighted by Crippen LogP contribution is -2.68. The second-order valence-electron chi connectivity index (χ2n) is 9.55. The van der Waals surface area contributed by atoms with Crippen LogP contribution < -0.4 is 0 Å². The van der Waals surface area contributed by atoms with Crippen LogP contribution in [0.25, 0.3) is 0 Å². The molecule has 3 saturated carbocycles. The molecule has 4 aliphatic rings. The second kappa shape index (κ2) is 4.83. The molecule has 3 nitrogen and oxygen atoms in total. The average molecular weight is 348 g/mol. The summed E-state index contributed by atoms with van der Waals surface area (Å²) < 4.78 is 16.7. The van der Waals surface area contributed by atoms with Gasteiger partial charge in [-0.15, -0.1) is 0 Å². The highest BCUT2D eigenvalue weighted by molar-refractivity contribution is 6.01. The number of carbonyl (C=O) groups is 1. The first kappa shape index (κ1) is 17.4. The van der Waals surface area contributed by atoms with E-state index in [-0.39, 0.29) is 30.0 Å². The highest BCUT2D eigenvalue weighted by Crippen LogP contribution is 2.70. The molecule has 8 atom stereocenters. The van der Waals surface area contributed by atoms with Crippen molar-refractivity contribution in [3.05, 3.63) is 23.8 Å². The molecule has 4 rings (SSSR count). The largest absolute Gasteiger partial charge is 0.390 e. The van der Waals surface area contributed by atoms with Gasteiger partial charge in [-0.1, -0.05) is 25.5 Å². The van der Waals surface area contributed by atoms with Crippen LogP contribution in [0.1, 0.15) is 53.4 Å². The van der Waals surface area contributed by atoms with Gasteiger partial charge >= 0.3 is 0 Å². The van der Waals surface area contributed by atoms with Crippen LogP contribution in [0.5, 0.6) is 0 Å². The van der Waals surface area contributed by atoms with Gasteiger partial charge < -0.3 is 10.2 Å². The van der Waals surface area contributed by atoms with Crippen LogP contribution in [-0.2, 0) is 4.79 Å². The molecule has 4 aliphatic carbocycles. The minimum absolute atomic E-state index is 0.0373. The van der Waals surface area contributed by atoms with Crippen LogP contribution in [-0.4, -0.2) is 33.4 Å². The van der Waals surface area contributed by atoms with E-state index in [0.29, 0.717) is 12.8 Å². The molecule has 0 spiro atoms. The maximum Gasteiger partial charge on any atom is 0.178 e. The Morgan fingerprint density at radius 2 is 1.92 bits per heavy atom. The Morgan fingerprint density at radius 1 is 1.24 bits per heavy atom. The van der Waals surface area contributed by atoms with Crippen molar-refractivity contribution in [1.29, 1.82) is 0 Å². The normalized spacial score (nSPS) is 57.6. The van der Waals surface area contributed by atoms with E-state index >= 15 is 4.39 Å². The van der Waals surface area contributed by atoms with Crippen molar-refractivity contribution in [3.63, 3.8) is 0 Å². The Hall–Kier alpha value is -1.00. The summed E-state index contributed by atoms with van der Waals surface area (Å²) in [6, 6.07) is 0. The van der Waals surface area contributed by atoms with E-state index < -0.39 is 28.2 Å². The third-order valence-corrected chi connectivity index (χ3v) is 8.75. The van der Waals surface area contributed by atoms with Gasteiger partial charge in [0.25, 0.3) is 0 Å². The summed E-state index contributed by atoms with van der Waals surface area (Å²) >= 11 is 0. The number of aliphatic hydroxyl groups is 2. The van der Waals surface area contributed by atoms with E-state index in [1.54, 1.807) is 12.2 Å². The maximum atomic E-state index is 16.7. The van der Waals surface area contributed by atoms with Crippen molar-refractivity contribution < 1.29 is 19.4 Å². The zero-order chi connectivity index (χ0) is 18.4. The quantitative estimate of drug-likeness (QED) is 0.706. The number of aliphatic hydroxyl groups excluding tert-OH is 1. The van der Waals surface area contributed by atoms with Crippen LogP contribution in [0.4, 0.5) is 4.39 Å². The molecule has 3 fully saturated rings. The molecular formula is C21H29FO3. The number of ketones is 1. The van der Waals surface area contributed by atoms with E-state index in [4.69, 9.17) is 0 Å². The molecule has 0 unspecified atom stereocenters. The molecule has 25 heavy (non-hydrogen) atoms. The Bertz CT molecular complexity index is 695. The molecule has 0 saturated heterocycles. The van der Waals surface area contributed by atoms with Gasteiger partial charge in [-0.3, -0.25) is 4.79 Å². The number of fused-ring (bicyclic) bond motifs is 5. The summed E-state index contributed by atoms with van der Waals surface area (Å²) in [5.74, 6) is -0.291. The van der Waals surface area contributed by atoms with Gasteiger partial charge in [-0.25, -0.2) is 4.39 Å². The van der Waals surface area contributed by atoms with Crippen LogP contribution in [0.3, 0.4) is 0 Å². The zero-order valence-corrected chi connectivity index (χ0v) is 15.6. The van der Waals surface area contributed by atoms with Crippen LogP contribution in [0, 0.1) is 28.6 Å². The van der Waals surface area contributed by atoms with Gasteiger partial charge in [0.05, 0.1) is 11.7 Å². The van der Waals surface area contributed by atoms with E-state index in [9.17, 15) is 15.0 Å². The monoisotopic (exact) mass is 348 g/mol. The van der Waals surface area contributed by atoms with E-state index in [1.807, 2.05) is 27.7 Å². The average Bonchev–Trinajstić information content (AvgIpc) is 2.70. The third kappa shape index (κ3) is 1.80. The Labute approximate surface area is 149 Å². The Kier molecular flexibility index (Phi) is 3.37. The smallest absolute Gasteiger partial charge is 0.178 e. The molecule has 0 radical (unpaired) electrons. The SMILES string of the molecule is C[C@@H]1C[C@H]2[C@@H]3CCC4=CC(=O)C=C[C@]4(C)[C@@]3(F)[C@@H](O)C[C@]2(C)[C@]1(C)O. The fraction of sp³-hybridized carbons (Fsp3) is 0.762. The molecule has 0 aromatic rings. The van der Waals surface area contributed by atoms with Gasteiger partial charge in [-0.2, -0.15) is 0 Å². The summed E-state index contributed by atoms with van der Waals surface area (Å²) in [6.45, 7) is 7.74. The molecule has 0 heterocycles. The first-order valence-electron chi connectivity index (χ1n) is 9.52. The standard InChI is InChI=1S/C21H29FO3/c1-12-9-16-15-6-5-13-10-14(23)7-8-18(13,2)21(15,22)17(24)11-19(16,3)20(12,4)25/h7-8,10,12,15-17,24-25H,5-6,9,11H2,1-4H3/t12-,15+,16+,17+,18+,19+,20-,21+/m1/s1. The van der Waals surface area contributed by atoms with Crippen molar-refractivity contribution >= 4 is 5.78 Å². The summed E-state index contributed by atoms with van der Waals surface area (Å²) in [6.07, 6.45) is 5.88. The second-order valence-corrected chi connectivity index (χ2v) is 9.55. The van der Waals surface area contributed by atoms with Gasteiger partial charge in [0.15, 0.2) is 11.5 Å². The molecule has 4 heteroatoms. The number of halogens is 1. The maximum absolute atomic E-state index is 16.7. The zero-order valence-electron chi connectivity index (χ0n) is 15.6. The van der Waals surface area contributed by atoms with E-state index in [1.165, 1.54) is 6.08 Å². The number of rotatable bonds is 0. The topological polar surface area (TPSA) is 57.5 Å². The summed E-state index contributed by atoms with van der Waals surface area (Å²) in [4.78, 5) is 11.8. The first-order chi connectivity index (χ1) is 11.5. The van der Waals surface area contributed by atoms with Crippen LogP contribution in [0.15, 0.2) is 23.8 Å². The van der Waals surface area contributed by atoms with Gasteiger partial charge in [0.2, 0.25) is 0 Å². The minimum Gasteiger partial charge on any atom is -0.390 e. The highest BCUT2D eigenvalue weighted by Gasteiger charge is 2.73. The molecule has 0 amide bonds. The van der Waals surface area contributed by atoms with Gasteiger partial charge in [-0.05, 0) is 63.5 Å². The number of allylic oxidation sites excluding steroid dienone is 4. The first-order valence-corrected chi connectivity index (χ1v) is 9.52. The van der Waals surface area contributed by atoms with Gasteiger partial charge in [0, 0.05) is 16.7 Å². The summed E-state index contributed by atoms with van der Waals surface area (Å²) in [5.41, 5.74) is -3.33. The summed E-state index contributed by atoms with van der Waals surface area (Å²) in [5, 5.41) is 22.2. The van der Waals surface area contributed by atoms with Crippen molar-refractivity contribution in [2.24, 2.45) is 28.6 Å². The lowest BCUT2D eigenvalue weighted by Gasteiger charge is -2.62. The van der Waals surface area contributed by atoms with Crippen molar-refractivity contribution in [2.45, 2.75) is 70.8 Å². The lowest BCUT2D eigenvalue weighted by atomic mass is 9.45. The minimum atomic E-state index is -1.79. The molecule has 0 aromatic carbocycles. The Balaban J connectivity index is 1.84. The number of hydrogen-bond acceptors (Lipinski definition) is 3. The highest BCUT2D eigenvalue weighted by atomic mass is 19.1. The predicted molar refractivity (Wildman–Crippen MR) is 93.5 cm³/mol. The fourth-order valence-corrected chi connectivity index (χ4v) is 6.75. The number of carbonyl (C=O) groups excluding carboxylic acids is 1. The van der Waals surface area contributed by atoms with Crippen molar-refractivity contribution in [3.8, 4) is 0 Å². The lowest BCUT2D eigenvalue weighted by molar-refractivity contribution is -0.216. The molecule has 138 valence electrons. The molecule has 0 aliphatic heterocycles. The number of alkyl halides is 1. The van der Waals surface area contributed by atoms with Crippen LogP contribution in [0.2, 0.25) is 0 Å². The summed E-state index contributed by atoms with van der Waals surface area (Å²) in [7, 11) is 0. The van der Waals surface area contributed by atoms with Crippen LogP contribution >= 0.6 is 0 Å². The van der Waals surface area contributed by atoms with Crippen molar-refractivity contribution in [2.75, 3.05) is 0 Å².